The fraction of sp³-hybridized carbons (Fsp3) is 0.500. The summed E-state index contributed by atoms with van der Waals surface area (Å²) in [5, 5.41) is 15.7. The second kappa shape index (κ2) is 10.4. The zero-order valence-corrected chi connectivity index (χ0v) is 14.4. The molecule has 22 heavy (non-hydrogen) atoms. The number of aromatic nitrogens is 4. The number of halogens is 1. The number of hydrogen-bond donors (Lipinski definition) is 1. The van der Waals surface area contributed by atoms with Crippen LogP contribution in [0.4, 0.5) is 0 Å². The Morgan fingerprint density at radius 1 is 1.36 bits per heavy atom. The molecule has 2 aromatic rings. The molecule has 1 aromatic carbocycles. The van der Waals surface area contributed by atoms with Crippen LogP contribution in [-0.4, -0.2) is 39.1 Å². The highest BCUT2D eigenvalue weighted by atomic mass is 35.5. The van der Waals surface area contributed by atoms with Gasteiger partial charge in [0.2, 0.25) is 5.16 Å². The van der Waals surface area contributed by atoms with E-state index in [0.717, 1.165) is 36.2 Å². The molecule has 0 aliphatic carbocycles. The Bertz CT molecular complexity index is 552. The van der Waals surface area contributed by atoms with Crippen LogP contribution in [0.1, 0.15) is 18.9 Å². The highest BCUT2D eigenvalue weighted by molar-refractivity contribution is 7.99. The molecule has 1 N–H and O–H groups in total. The minimum Gasteiger partial charge on any atom is -1.00 e. The van der Waals surface area contributed by atoms with Gasteiger partial charge in [0, 0.05) is 19.3 Å². The summed E-state index contributed by atoms with van der Waals surface area (Å²) in [4.78, 5) is 0. The normalized spacial score (nSPS) is 10.3. The summed E-state index contributed by atoms with van der Waals surface area (Å²) in [7, 11) is 1.85. The number of hydrogen-bond acceptors (Lipinski definition) is 6. The molecule has 6 nitrogen and oxygen atoms in total. The second-order valence-electron chi connectivity index (χ2n) is 4.54. The van der Waals surface area contributed by atoms with E-state index in [4.69, 9.17) is 4.74 Å². The third-order valence-corrected chi connectivity index (χ3v) is 3.95. The largest absolute Gasteiger partial charge is 1.00 e. The van der Waals surface area contributed by atoms with Gasteiger partial charge in [0.05, 0.1) is 6.61 Å². The highest BCUT2D eigenvalue weighted by Gasteiger charge is 2.02. The maximum Gasteiger partial charge on any atom is 0.209 e. The molecule has 0 atom stereocenters. The maximum atomic E-state index is 5.49. The van der Waals surface area contributed by atoms with Crippen molar-refractivity contribution in [1.82, 2.24) is 25.5 Å². The van der Waals surface area contributed by atoms with Crippen molar-refractivity contribution < 1.29 is 17.1 Å². The summed E-state index contributed by atoms with van der Waals surface area (Å²) in [6, 6.07) is 8.20. The topological polar surface area (TPSA) is 64.9 Å². The van der Waals surface area contributed by atoms with Crippen LogP contribution >= 0.6 is 11.8 Å². The minimum atomic E-state index is 0. The van der Waals surface area contributed by atoms with E-state index >= 15 is 0 Å². The van der Waals surface area contributed by atoms with Gasteiger partial charge in [-0.05, 0) is 48.0 Å². The second-order valence-corrected chi connectivity index (χ2v) is 5.61. The lowest BCUT2D eigenvalue weighted by atomic mass is 10.2. The zero-order valence-electron chi connectivity index (χ0n) is 12.8. The summed E-state index contributed by atoms with van der Waals surface area (Å²) in [6.07, 6.45) is 1.07. The van der Waals surface area contributed by atoms with Crippen LogP contribution < -0.4 is 22.5 Å². The maximum absolute atomic E-state index is 5.49. The Morgan fingerprint density at radius 2 is 2.23 bits per heavy atom. The summed E-state index contributed by atoms with van der Waals surface area (Å²) in [5.41, 5.74) is 1.24. The number of aryl methyl sites for hydroxylation is 1. The molecule has 122 valence electrons. The number of tetrazole rings is 1. The van der Waals surface area contributed by atoms with Gasteiger partial charge in [-0.15, -0.1) is 5.10 Å². The van der Waals surface area contributed by atoms with Crippen LogP contribution in [0.2, 0.25) is 0 Å². The van der Waals surface area contributed by atoms with Crippen LogP contribution in [0.3, 0.4) is 0 Å². The van der Waals surface area contributed by atoms with E-state index in [-0.39, 0.29) is 12.4 Å². The molecule has 0 spiro atoms. The third-order valence-electron chi connectivity index (χ3n) is 2.85. The number of nitrogens with one attached hydrogen (secondary N) is 1. The monoisotopic (exact) mass is 342 g/mol. The molecule has 0 aliphatic rings. The van der Waals surface area contributed by atoms with Crippen LogP contribution in [0.15, 0.2) is 29.4 Å². The molecule has 0 saturated carbocycles. The Labute approximate surface area is 141 Å². The third kappa shape index (κ3) is 6.21. The van der Waals surface area contributed by atoms with Crippen molar-refractivity contribution in [2.24, 2.45) is 7.05 Å². The average Bonchev–Trinajstić information content (AvgIpc) is 2.89. The quantitative estimate of drug-likeness (QED) is 0.460. The van der Waals surface area contributed by atoms with Crippen molar-refractivity contribution in [3.8, 4) is 5.75 Å². The predicted octanol–water partition coefficient (Wildman–Crippen LogP) is -1.12. The van der Waals surface area contributed by atoms with Crippen molar-refractivity contribution >= 4 is 11.8 Å². The van der Waals surface area contributed by atoms with Gasteiger partial charge in [0.25, 0.3) is 0 Å². The Kier molecular flexibility index (Phi) is 8.88. The lowest BCUT2D eigenvalue weighted by Crippen LogP contribution is -3.00. The summed E-state index contributed by atoms with van der Waals surface area (Å²) in [5.74, 6) is 1.93. The molecule has 0 amide bonds. The van der Waals surface area contributed by atoms with Gasteiger partial charge in [0.1, 0.15) is 5.75 Å². The van der Waals surface area contributed by atoms with Crippen LogP contribution in [0.5, 0.6) is 5.75 Å². The summed E-state index contributed by atoms with van der Waals surface area (Å²) >= 11 is 1.68. The molecule has 0 radical (unpaired) electrons. The van der Waals surface area contributed by atoms with Gasteiger partial charge >= 0.3 is 0 Å². The van der Waals surface area contributed by atoms with Crippen LogP contribution in [0, 0.1) is 0 Å². The number of rotatable bonds is 9. The van der Waals surface area contributed by atoms with Gasteiger partial charge in [-0.3, -0.25) is 0 Å². The lowest BCUT2D eigenvalue weighted by Gasteiger charge is -2.07. The van der Waals surface area contributed by atoms with Gasteiger partial charge in [0.15, 0.2) is 0 Å². The van der Waals surface area contributed by atoms with Crippen LogP contribution in [0.25, 0.3) is 0 Å². The standard InChI is InChI=1S/C14H21N5OS.ClH/c1-3-20-13-7-4-6-12(10-13)11-15-8-5-9-21-14-16-17-18-19(14)2;/h4,6-7,10,15H,3,5,8-9,11H2,1-2H3;1H/p-1. The minimum absolute atomic E-state index is 0. The van der Waals surface area contributed by atoms with Gasteiger partial charge in [-0.2, -0.15) is 0 Å². The van der Waals surface area contributed by atoms with Crippen molar-refractivity contribution in [2.45, 2.75) is 25.0 Å². The lowest BCUT2D eigenvalue weighted by molar-refractivity contribution is -0.00000518. The molecular weight excluding hydrogens is 322 g/mol. The number of thioether (sulfide) groups is 1. The molecule has 8 heteroatoms. The molecule has 1 aromatic heterocycles. The molecule has 0 bridgehead atoms. The molecule has 1 heterocycles. The first-order valence-corrected chi connectivity index (χ1v) is 8.05. The van der Waals surface area contributed by atoms with Crippen molar-refractivity contribution in [3.05, 3.63) is 29.8 Å². The first-order valence-electron chi connectivity index (χ1n) is 7.07. The van der Waals surface area contributed by atoms with Crippen molar-refractivity contribution in [1.29, 1.82) is 0 Å². The Balaban J connectivity index is 0.00000242. The molecule has 0 saturated heterocycles. The fourth-order valence-corrected chi connectivity index (χ4v) is 2.64. The van der Waals surface area contributed by atoms with E-state index in [1.807, 2.05) is 26.1 Å². The van der Waals surface area contributed by atoms with Gasteiger partial charge in [-0.1, -0.05) is 23.9 Å². The molecular formula is C14H21ClN5OS-. The predicted molar refractivity (Wildman–Crippen MR) is 83.5 cm³/mol. The molecule has 0 aliphatic heterocycles. The Morgan fingerprint density at radius 3 is 2.95 bits per heavy atom. The number of ether oxygens (including phenoxy) is 1. The first-order chi connectivity index (χ1) is 10.3. The zero-order chi connectivity index (χ0) is 14.9. The smallest absolute Gasteiger partial charge is 0.209 e. The Hall–Kier alpha value is -1.31. The molecule has 0 fully saturated rings. The van der Waals surface area contributed by atoms with Crippen molar-refractivity contribution in [2.75, 3.05) is 18.9 Å². The molecule has 0 unspecified atom stereocenters. The van der Waals surface area contributed by atoms with E-state index in [9.17, 15) is 0 Å². The summed E-state index contributed by atoms with van der Waals surface area (Å²) in [6.45, 7) is 4.52. The van der Waals surface area contributed by atoms with E-state index in [1.165, 1.54) is 5.56 Å². The SMILES string of the molecule is CCOc1cccc(CNCCCSc2nnnn2C)c1.[Cl-]. The number of benzene rings is 1. The van der Waals surface area contributed by atoms with Gasteiger partial charge < -0.3 is 22.5 Å². The molecule has 2 rings (SSSR count). The summed E-state index contributed by atoms with van der Waals surface area (Å²) < 4.78 is 7.18. The fourth-order valence-electron chi connectivity index (χ4n) is 1.85. The first kappa shape index (κ1) is 18.7. The van der Waals surface area contributed by atoms with E-state index in [1.54, 1.807) is 16.4 Å². The van der Waals surface area contributed by atoms with E-state index < -0.39 is 0 Å². The van der Waals surface area contributed by atoms with Crippen LogP contribution in [-0.2, 0) is 13.6 Å². The average molecular weight is 343 g/mol. The highest BCUT2D eigenvalue weighted by Crippen LogP contribution is 2.14. The van der Waals surface area contributed by atoms with E-state index in [2.05, 4.69) is 33.0 Å². The number of nitrogens with zero attached hydrogens (tertiary/aromatic N) is 4. The van der Waals surface area contributed by atoms with Crippen molar-refractivity contribution in [3.63, 3.8) is 0 Å². The van der Waals surface area contributed by atoms with E-state index in [0.29, 0.717) is 6.61 Å². The van der Waals surface area contributed by atoms with Gasteiger partial charge in [-0.25, -0.2) is 4.68 Å².